The fourth-order valence-electron chi connectivity index (χ4n) is 0.652. The van der Waals surface area contributed by atoms with Crippen LogP contribution < -0.4 is 0 Å². The first-order valence-electron chi connectivity index (χ1n) is 4.02. The predicted molar refractivity (Wildman–Crippen MR) is 51.0 cm³/mol. The van der Waals surface area contributed by atoms with Crippen LogP contribution in [-0.4, -0.2) is 35.8 Å². The van der Waals surface area contributed by atoms with Gasteiger partial charge in [0.15, 0.2) is 6.29 Å². The first-order valence-corrected chi connectivity index (χ1v) is 4.81. The second-order valence-electron chi connectivity index (χ2n) is 2.27. The molecule has 0 saturated heterocycles. The van der Waals surface area contributed by atoms with Crippen LogP contribution in [0.3, 0.4) is 0 Å². The lowest BCUT2D eigenvalue weighted by Crippen LogP contribution is -2.44. The van der Waals surface area contributed by atoms with Crippen molar-refractivity contribution in [2.75, 3.05) is 13.2 Å². The first-order chi connectivity index (χ1) is 6.52. The van der Waals surface area contributed by atoms with Crippen LogP contribution in [0.2, 0.25) is 0 Å². The zero-order valence-corrected chi connectivity index (χ0v) is 9.50. The average Bonchev–Trinajstić information content (AvgIpc) is 2.17. The Balaban J connectivity index is 4.69. The number of alkyl halides is 1. The minimum absolute atomic E-state index is 0.0828. The van der Waals surface area contributed by atoms with Crippen molar-refractivity contribution in [3.63, 3.8) is 0 Å². The molecule has 14 heavy (non-hydrogen) atoms. The van der Waals surface area contributed by atoms with Crippen LogP contribution in [0.1, 0.15) is 13.8 Å². The summed E-state index contributed by atoms with van der Waals surface area (Å²) in [5.74, 6) is -1.93. The molecule has 6 heteroatoms. The van der Waals surface area contributed by atoms with Crippen molar-refractivity contribution in [1.29, 1.82) is 0 Å². The van der Waals surface area contributed by atoms with Gasteiger partial charge < -0.3 is 14.3 Å². The molecule has 0 aliphatic heterocycles. The first kappa shape index (κ1) is 13.1. The van der Waals surface area contributed by atoms with Crippen LogP contribution in [0.5, 0.6) is 0 Å². The molecule has 0 amide bonds. The van der Waals surface area contributed by atoms with Gasteiger partial charge in [-0.3, -0.25) is 0 Å². The molecule has 0 unspecified atom stereocenters. The summed E-state index contributed by atoms with van der Waals surface area (Å²) in [6, 6.07) is 0. The molecule has 0 aliphatic rings. The Morgan fingerprint density at radius 1 is 1.21 bits per heavy atom. The van der Waals surface area contributed by atoms with Crippen molar-refractivity contribution >= 4 is 34.2 Å². The summed E-state index contributed by atoms with van der Waals surface area (Å²) in [6.07, 6.45) is 0.156. The van der Waals surface area contributed by atoms with Gasteiger partial charge in [0.05, 0.1) is 13.2 Å². The number of rotatable bonds is 5. The van der Waals surface area contributed by atoms with E-state index >= 15 is 0 Å². The van der Waals surface area contributed by atoms with Crippen molar-refractivity contribution in [3.05, 3.63) is 0 Å². The molecule has 0 aromatic carbocycles. The largest absolute Gasteiger partial charge is 0.464 e. The highest BCUT2D eigenvalue weighted by atomic mass is 79.9. The summed E-state index contributed by atoms with van der Waals surface area (Å²) in [7, 11) is 0. The normalized spacial score (nSPS) is 10.5. The molecule has 0 heterocycles. The molecule has 0 bridgehead atoms. The highest BCUT2D eigenvalue weighted by molar-refractivity contribution is 9.11. The monoisotopic (exact) mass is 266 g/mol. The molecule has 0 radical (unpaired) electrons. The number of hydrogen-bond acceptors (Lipinski definition) is 5. The number of hydrogen-bond donors (Lipinski definition) is 0. The van der Waals surface area contributed by atoms with E-state index in [2.05, 4.69) is 25.4 Å². The van der Waals surface area contributed by atoms with Crippen LogP contribution in [-0.2, 0) is 23.9 Å². The van der Waals surface area contributed by atoms with E-state index in [1.807, 2.05) is 0 Å². The average molecular weight is 267 g/mol. The molecule has 0 rings (SSSR count). The van der Waals surface area contributed by atoms with Gasteiger partial charge in [-0.25, -0.2) is 9.59 Å². The van der Waals surface area contributed by atoms with Gasteiger partial charge in [-0.1, -0.05) is 15.9 Å². The second-order valence-corrected chi connectivity index (χ2v) is 3.52. The van der Waals surface area contributed by atoms with Gasteiger partial charge in [-0.05, 0) is 13.8 Å². The van der Waals surface area contributed by atoms with E-state index in [1.54, 1.807) is 13.8 Å². The third-order valence-electron chi connectivity index (χ3n) is 1.31. The lowest BCUT2D eigenvalue weighted by molar-refractivity contribution is -0.158. The SMILES string of the molecule is CCOC(=O)C(Br)(C=O)C(=O)OCC. The fraction of sp³-hybridized carbons (Fsp3) is 0.625. The van der Waals surface area contributed by atoms with Gasteiger partial charge in [0.2, 0.25) is 0 Å². The van der Waals surface area contributed by atoms with E-state index in [1.165, 1.54) is 0 Å². The van der Waals surface area contributed by atoms with Crippen molar-refractivity contribution in [3.8, 4) is 0 Å². The lowest BCUT2D eigenvalue weighted by Gasteiger charge is -2.16. The van der Waals surface area contributed by atoms with Gasteiger partial charge in [-0.15, -0.1) is 0 Å². The maximum Gasteiger partial charge on any atom is 0.342 e. The van der Waals surface area contributed by atoms with Crippen LogP contribution in [0, 0.1) is 0 Å². The van der Waals surface area contributed by atoms with Gasteiger partial charge in [0.1, 0.15) is 0 Å². The van der Waals surface area contributed by atoms with Gasteiger partial charge in [0, 0.05) is 0 Å². The van der Waals surface area contributed by atoms with E-state index in [0.29, 0.717) is 0 Å². The molecular weight excluding hydrogens is 256 g/mol. The Morgan fingerprint density at radius 3 is 1.79 bits per heavy atom. The second kappa shape index (κ2) is 5.74. The maximum absolute atomic E-state index is 11.2. The number of ether oxygens (including phenoxy) is 2. The minimum Gasteiger partial charge on any atom is -0.464 e. The molecule has 0 aromatic heterocycles. The molecule has 0 fully saturated rings. The fourth-order valence-corrected chi connectivity index (χ4v) is 0.881. The molecular formula is C8H11BrO5. The highest BCUT2D eigenvalue weighted by Crippen LogP contribution is 2.19. The smallest absolute Gasteiger partial charge is 0.342 e. The minimum atomic E-state index is -2.03. The van der Waals surface area contributed by atoms with E-state index in [0.717, 1.165) is 0 Å². The van der Waals surface area contributed by atoms with Crippen molar-refractivity contribution in [2.45, 2.75) is 18.2 Å². The molecule has 0 saturated carbocycles. The van der Waals surface area contributed by atoms with Crippen LogP contribution in [0.4, 0.5) is 0 Å². The molecule has 0 spiro atoms. The highest BCUT2D eigenvalue weighted by Gasteiger charge is 2.46. The summed E-state index contributed by atoms with van der Waals surface area (Å²) >= 11 is 2.70. The zero-order chi connectivity index (χ0) is 11.2. The molecule has 0 aliphatic carbocycles. The topological polar surface area (TPSA) is 69.7 Å². The Morgan fingerprint density at radius 2 is 1.57 bits per heavy atom. The van der Waals surface area contributed by atoms with Crippen LogP contribution in [0.25, 0.3) is 0 Å². The molecule has 5 nitrogen and oxygen atoms in total. The Kier molecular flexibility index (Phi) is 5.37. The third-order valence-corrected chi connectivity index (χ3v) is 2.14. The Labute approximate surface area is 89.9 Å². The predicted octanol–water partition coefficient (Wildman–Crippen LogP) is 0.445. The van der Waals surface area contributed by atoms with E-state index in [9.17, 15) is 14.4 Å². The van der Waals surface area contributed by atoms with Crippen LogP contribution >= 0.6 is 15.9 Å². The summed E-state index contributed by atoms with van der Waals surface area (Å²) in [4.78, 5) is 33.0. The van der Waals surface area contributed by atoms with Gasteiger partial charge in [0.25, 0.3) is 4.32 Å². The number of esters is 2. The number of carbonyl (C=O) groups excluding carboxylic acids is 3. The Bertz CT molecular complexity index is 220. The number of aldehydes is 1. The lowest BCUT2D eigenvalue weighted by atomic mass is 10.2. The van der Waals surface area contributed by atoms with Gasteiger partial charge in [-0.2, -0.15) is 0 Å². The molecule has 80 valence electrons. The molecule has 0 atom stereocenters. The Hall–Kier alpha value is -0.910. The molecule has 0 aromatic rings. The van der Waals surface area contributed by atoms with Gasteiger partial charge >= 0.3 is 11.9 Å². The summed E-state index contributed by atoms with van der Waals surface area (Å²) in [5.41, 5.74) is 0. The molecule has 0 N–H and O–H groups in total. The zero-order valence-electron chi connectivity index (χ0n) is 7.91. The van der Waals surface area contributed by atoms with Crippen molar-refractivity contribution in [2.24, 2.45) is 0 Å². The summed E-state index contributed by atoms with van der Waals surface area (Å²) < 4.78 is 7.07. The summed E-state index contributed by atoms with van der Waals surface area (Å²) in [5, 5.41) is 0. The van der Waals surface area contributed by atoms with E-state index in [4.69, 9.17) is 0 Å². The number of halogens is 1. The quantitative estimate of drug-likeness (QED) is 0.313. The number of carbonyl (C=O) groups is 3. The van der Waals surface area contributed by atoms with Crippen LogP contribution in [0.15, 0.2) is 0 Å². The van der Waals surface area contributed by atoms with Crippen molar-refractivity contribution < 1.29 is 23.9 Å². The summed E-state index contributed by atoms with van der Waals surface area (Å²) in [6.45, 7) is 3.31. The van der Waals surface area contributed by atoms with Crippen molar-refractivity contribution in [1.82, 2.24) is 0 Å². The van der Waals surface area contributed by atoms with E-state index in [-0.39, 0.29) is 19.5 Å². The maximum atomic E-state index is 11.2. The third kappa shape index (κ3) is 2.80. The van der Waals surface area contributed by atoms with E-state index < -0.39 is 16.3 Å². The standard InChI is InChI=1S/C8H11BrO5/c1-3-13-6(11)8(9,5-10)7(12)14-4-2/h5H,3-4H2,1-2H3.